The number of fused-ring (bicyclic) bond motifs is 2. The van der Waals surface area contributed by atoms with Gasteiger partial charge >= 0.3 is 11.9 Å². The smallest absolute Gasteiger partial charge is 0.341 e. The molecule has 8 heteroatoms. The van der Waals surface area contributed by atoms with Crippen LogP contribution in [-0.2, 0) is 4.74 Å². The van der Waals surface area contributed by atoms with Crippen molar-refractivity contribution in [3.8, 4) is 11.5 Å². The van der Waals surface area contributed by atoms with Gasteiger partial charge in [-0.15, -0.1) is 0 Å². The number of carbonyl (C=O) groups is 2. The number of carbonyl (C=O) groups excluding carboxylic acids is 1. The van der Waals surface area contributed by atoms with E-state index >= 15 is 0 Å². The van der Waals surface area contributed by atoms with E-state index in [-0.39, 0.29) is 11.3 Å². The molecule has 0 atom stereocenters. The van der Waals surface area contributed by atoms with Crippen LogP contribution in [0.15, 0.2) is 69.6 Å². The van der Waals surface area contributed by atoms with Crippen LogP contribution in [-0.4, -0.2) is 36.4 Å². The van der Waals surface area contributed by atoms with Crippen LogP contribution in [0.1, 0.15) is 20.7 Å². The number of hydrogen-bond acceptors (Lipinski definition) is 5. The zero-order valence-electron chi connectivity index (χ0n) is 17.1. The van der Waals surface area contributed by atoms with E-state index in [1.54, 1.807) is 12.1 Å². The maximum Gasteiger partial charge on any atom is 0.341 e. The topological polar surface area (TPSA) is 93.1 Å². The summed E-state index contributed by atoms with van der Waals surface area (Å²) in [6, 6.07) is 17.8. The number of carboxylic acid groups (broad SMARTS) is 1. The lowest BCUT2D eigenvalue weighted by molar-refractivity contribution is 0.0596. The summed E-state index contributed by atoms with van der Waals surface area (Å²) < 4.78 is 11.8. The Balaban J connectivity index is 0.000000182. The van der Waals surface area contributed by atoms with Crippen molar-refractivity contribution in [1.82, 2.24) is 0 Å². The number of aromatic hydroxyl groups is 1. The van der Waals surface area contributed by atoms with Crippen molar-refractivity contribution in [2.45, 2.75) is 0 Å². The van der Waals surface area contributed by atoms with Gasteiger partial charge in [-0.05, 0) is 70.1 Å². The van der Waals surface area contributed by atoms with E-state index < -0.39 is 11.9 Å². The summed E-state index contributed by atoms with van der Waals surface area (Å²) in [7, 11) is 2.89. The molecule has 2 N–H and O–H groups in total. The lowest BCUT2D eigenvalue weighted by Crippen LogP contribution is -2.04. The van der Waals surface area contributed by atoms with Crippen LogP contribution < -0.4 is 4.74 Å². The Bertz CT molecular complexity index is 1330. The highest BCUT2D eigenvalue weighted by molar-refractivity contribution is 9.10. The Labute approximate surface area is 200 Å². The van der Waals surface area contributed by atoms with Crippen molar-refractivity contribution in [3.05, 3.63) is 80.7 Å². The second-order valence-corrected chi connectivity index (χ2v) is 8.53. The molecule has 0 bridgehead atoms. The second kappa shape index (κ2) is 10.0. The van der Waals surface area contributed by atoms with Crippen LogP contribution >= 0.6 is 31.9 Å². The minimum Gasteiger partial charge on any atom is -0.507 e. The number of methoxy groups -OCH3 is 2. The number of halogens is 2. The molecule has 0 radical (unpaired) electrons. The first-order chi connectivity index (χ1) is 15.2. The van der Waals surface area contributed by atoms with E-state index in [1.807, 2.05) is 36.4 Å². The lowest BCUT2D eigenvalue weighted by atomic mass is 10.1. The summed E-state index contributed by atoms with van der Waals surface area (Å²) in [4.78, 5) is 22.4. The Morgan fingerprint density at radius 1 is 0.750 bits per heavy atom. The molecular weight excluding hydrogens is 544 g/mol. The van der Waals surface area contributed by atoms with E-state index in [2.05, 4.69) is 31.9 Å². The minimum absolute atomic E-state index is 0.0828. The van der Waals surface area contributed by atoms with E-state index in [1.165, 1.54) is 26.4 Å². The first-order valence-electron chi connectivity index (χ1n) is 9.24. The Morgan fingerprint density at radius 3 is 1.78 bits per heavy atom. The van der Waals surface area contributed by atoms with Crippen LogP contribution in [0.2, 0.25) is 0 Å². The van der Waals surface area contributed by atoms with Gasteiger partial charge in [0.15, 0.2) is 0 Å². The summed E-state index contributed by atoms with van der Waals surface area (Å²) in [5.74, 6) is -1.22. The van der Waals surface area contributed by atoms with Crippen molar-refractivity contribution in [1.29, 1.82) is 0 Å². The van der Waals surface area contributed by atoms with Crippen LogP contribution in [0, 0.1) is 0 Å². The van der Waals surface area contributed by atoms with Gasteiger partial charge < -0.3 is 19.7 Å². The van der Waals surface area contributed by atoms with E-state index in [9.17, 15) is 14.7 Å². The third kappa shape index (κ3) is 5.20. The Hall–Kier alpha value is -3.10. The molecule has 0 saturated heterocycles. The standard InChI is InChI=1S/C13H11BrO3.C11H7BrO3/c1-16-12-7-8-3-4-10(14)5-9(8)6-11(12)13(15)17-2;12-8-2-1-6-5-10(13)9(11(14)15)4-7(6)3-8/h3-7H,1-2H3;1-5,13H,(H,14,15). The summed E-state index contributed by atoms with van der Waals surface area (Å²) in [6.45, 7) is 0. The highest BCUT2D eigenvalue weighted by atomic mass is 79.9. The van der Waals surface area contributed by atoms with Crippen LogP contribution in [0.4, 0.5) is 0 Å². The quantitative estimate of drug-likeness (QED) is 0.281. The van der Waals surface area contributed by atoms with Gasteiger partial charge in [0.1, 0.15) is 22.6 Å². The molecule has 4 aromatic rings. The number of aromatic carboxylic acids is 1. The molecule has 0 fully saturated rings. The molecule has 6 nitrogen and oxygen atoms in total. The molecule has 0 unspecified atom stereocenters. The van der Waals surface area contributed by atoms with Gasteiger partial charge in [0.05, 0.1) is 14.2 Å². The normalized spacial score (nSPS) is 10.4. The average molecular weight is 562 g/mol. The van der Waals surface area contributed by atoms with Gasteiger partial charge in [0, 0.05) is 8.95 Å². The average Bonchev–Trinajstić information content (AvgIpc) is 2.77. The third-order valence-corrected chi connectivity index (χ3v) is 5.66. The molecular formula is C24H18Br2O6. The van der Waals surface area contributed by atoms with Crippen LogP contribution in [0.5, 0.6) is 11.5 Å². The largest absolute Gasteiger partial charge is 0.507 e. The maximum atomic E-state index is 11.6. The second-order valence-electron chi connectivity index (χ2n) is 6.70. The van der Waals surface area contributed by atoms with Crippen molar-refractivity contribution in [2.75, 3.05) is 14.2 Å². The number of rotatable bonds is 3. The minimum atomic E-state index is -1.13. The monoisotopic (exact) mass is 560 g/mol. The van der Waals surface area contributed by atoms with Gasteiger partial charge in [0.25, 0.3) is 0 Å². The van der Waals surface area contributed by atoms with Crippen LogP contribution in [0.25, 0.3) is 21.5 Å². The fourth-order valence-electron chi connectivity index (χ4n) is 3.11. The fourth-order valence-corrected chi connectivity index (χ4v) is 3.87. The van der Waals surface area contributed by atoms with Crippen molar-refractivity contribution < 1.29 is 29.3 Å². The molecule has 32 heavy (non-hydrogen) atoms. The van der Waals surface area contributed by atoms with Crippen LogP contribution in [0.3, 0.4) is 0 Å². The molecule has 0 saturated carbocycles. The van der Waals surface area contributed by atoms with E-state index in [0.29, 0.717) is 11.3 Å². The molecule has 4 aromatic carbocycles. The van der Waals surface area contributed by atoms with Gasteiger partial charge in [-0.25, -0.2) is 9.59 Å². The zero-order chi connectivity index (χ0) is 23.4. The number of esters is 1. The highest BCUT2D eigenvalue weighted by Crippen LogP contribution is 2.29. The molecule has 0 spiro atoms. The summed E-state index contributed by atoms with van der Waals surface area (Å²) in [6.07, 6.45) is 0. The number of phenols is 1. The Kier molecular flexibility index (Phi) is 7.37. The molecule has 0 amide bonds. The zero-order valence-corrected chi connectivity index (χ0v) is 20.2. The van der Waals surface area contributed by atoms with Gasteiger partial charge in [-0.1, -0.05) is 44.0 Å². The molecule has 0 aliphatic carbocycles. The molecule has 0 aromatic heterocycles. The summed E-state index contributed by atoms with van der Waals surface area (Å²) in [5, 5.41) is 21.8. The molecule has 0 heterocycles. The predicted octanol–water partition coefficient (Wildman–Crippen LogP) is 6.40. The lowest BCUT2D eigenvalue weighted by Gasteiger charge is -2.09. The number of ether oxygens (including phenoxy) is 2. The molecule has 164 valence electrons. The summed E-state index contributed by atoms with van der Waals surface area (Å²) in [5.41, 5.74) is 0.348. The van der Waals surface area contributed by atoms with Crippen molar-refractivity contribution in [2.24, 2.45) is 0 Å². The first-order valence-corrected chi connectivity index (χ1v) is 10.8. The summed E-state index contributed by atoms with van der Waals surface area (Å²) >= 11 is 6.70. The highest BCUT2D eigenvalue weighted by Gasteiger charge is 2.14. The molecule has 4 rings (SSSR count). The van der Waals surface area contributed by atoms with Crippen molar-refractivity contribution >= 4 is 65.3 Å². The van der Waals surface area contributed by atoms with E-state index in [0.717, 1.165) is 30.5 Å². The predicted molar refractivity (Wildman–Crippen MR) is 130 cm³/mol. The van der Waals surface area contributed by atoms with Crippen molar-refractivity contribution in [3.63, 3.8) is 0 Å². The Morgan fingerprint density at radius 2 is 1.28 bits per heavy atom. The van der Waals surface area contributed by atoms with E-state index in [4.69, 9.17) is 14.6 Å². The third-order valence-electron chi connectivity index (χ3n) is 4.67. The maximum absolute atomic E-state index is 11.6. The molecule has 0 aliphatic rings. The fraction of sp³-hybridized carbons (Fsp3) is 0.0833. The van der Waals surface area contributed by atoms with Gasteiger partial charge in [0.2, 0.25) is 0 Å². The first kappa shape index (κ1) is 23.6. The number of hydrogen-bond donors (Lipinski definition) is 2. The van der Waals surface area contributed by atoms with Gasteiger partial charge in [-0.3, -0.25) is 0 Å². The number of benzene rings is 4. The molecule has 0 aliphatic heterocycles. The number of carboxylic acids is 1. The SMILES string of the molecule is COC(=O)c1cc2cc(Br)ccc2cc1OC.O=C(O)c1cc2cc(Br)ccc2cc1O. The van der Waals surface area contributed by atoms with Gasteiger partial charge in [-0.2, -0.15) is 0 Å².